The van der Waals surface area contributed by atoms with Crippen LogP contribution in [0.4, 0.5) is 0 Å². The van der Waals surface area contributed by atoms with E-state index in [1.807, 2.05) is 0 Å². The Hall–Kier alpha value is -0.907. The zero-order chi connectivity index (χ0) is 15.4. The van der Waals surface area contributed by atoms with Crippen molar-refractivity contribution in [1.29, 1.82) is 0 Å². The molecule has 24 heavy (non-hydrogen) atoms. The second kappa shape index (κ2) is 6.43. The van der Waals surface area contributed by atoms with Crippen LogP contribution in [-0.4, -0.2) is 0 Å². The minimum Gasteiger partial charge on any atom is -1.00 e. The van der Waals surface area contributed by atoms with Crippen LogP contribution in [0, 0.1) is 0 Å². The SMILES string of the molecule is C[CH2][Zr+]1[CH]2C(=Cc3ccccc32)CCC2=Cc3ccccc3[CH]21.[Cl-]. The predicted molar refractivity (Wildman–Crippen MR) is 94.0 cm³/mol. The molecule has 2 atom stereocenters. The van der Waals surface area contributed by atoms with Gasteiger partial charge in [-0.2, -0.15) is 0 Å². The summed E-state index contributed by atoms with van der Waals surface area (Å²) in [5.41, 5.74) is 9.86. The number of benzene rings is 2. The van der Waals surface area contributed by atoms with Gasteiger partial charge in [0.15, 0.2) is 0 Å². The van der Waals surface area contributed by atoms with Gasteiger partial charge < -0.3 is 12.4 Å². The Balaban J connectivity index is 0.00000146. The fourth-order valence-corrected chi connectivity index (χ4v) is 14.5. The third kappa shape index (κ3) is 2.36. The van der Waals surface area contributed by atoms with Crippen molar-refractivity contribution in [2.24, 2.45) is 0 Å². The van der Waals surface area contributed by atoms with Gasteiger partial charge in [0, 0.05) is 0 Å². The number of hydrogen-bond acceptors (Lipinski definition) is 0. The average Bonchev–Trinajstić information content (AvgIpc) is 3.09. The first-order valence-electron chi connectivity index (χ1n) is 8.81. The van der Waals surface area contributed by atoms with Crippen LogP contribution >= 0.6 is 0 Å². The molecule has 0 saturated carbocycles. The van der Waals surface area contributed by atoms with Crippen molar-refractivity contribution in [3.8, 4) is 0 Å². The van der Waals surface area contributed by atoms with Crippen LogP contribution in [0.2, 0.25) is 4.13 Å². The summed E-state index contributed by atoms with van der Waals surface area (Å²) in [6.45, 7) is 2.47. The maximum atomic E-state index is 2.53. The van der Waals surface area contributed by atoms with Gasteiger partial charge in [0.25, 0.3) is 0 Å². The maximum absolute atomic E-state index is 2.53. The van der Waals surface area contributed by atoms with Crippen LogP contribution < -0.4 is 12.4 Å². The molecule has 1 saturated heterocycles. The van der Waals surface area contributed by atoms with Gasteiger partial charge in [-0.1, -0.05) is 0 Å². The number of rotatable bonds is 1. The first-order valence-corrected chi connectivity index (χ1v) is 13.4. The Labute approximate surface area is 158 Å². The van der Waals surface area contributed by atoms with E-state index in [1.165, 1.54) is 28.1 Å². The maximum Gasteiger partial charge on any atom is -1.00 e. The predicted octanol–water partition coefficient (Wildman–Crippen LogP) is 3.12. The summed E-state index contributed by atoms with van der Waals surface area (Å²) in [7, 11) is 0. The smallest absolute Gasteiger partial charge is 1.00 e. The quantitative estimate of drug-likeness (QED) is 0.676. The summed E-state index contributed by atoms with van der Waals surface area (Å²) in [6, 6.07) is 18.4. The van der Waals surface area contributed by atoms with Crippen LogP contribution in [-0.2, 0) is 21.8 Å². The molecule has 120 valence electrons. The summed E-state index contributed by atoms with van der Waals surface area (Å²) in [4.78, 5) is 0. The molecule has 3 aliphatic rings. The van der Waals surface area contributed by atoms with Crippen LogP contribution in [0.1, 0.15) is 49.3 Å². The van der Waals surface area contributed by atoms with Crippen molar-refractivity contribution < 1.29 is 34.2 Å². The van der Waals surface area contributed by atoms with Gasteiger partial charge in [0.2, 0.25) is 0 Å². The second-order valence-electron chi connectivity index (χ2n) is 6.99. The molecule has 0 spiro atoms. The molecule has 5 rings (SSSR count). The normalized spacial score (nSPS) is 23.1. The summed E-state index contributed by atoms with van der Waals surface area (Å²) in [6.07, 6.45) is 7.62. The van der Waals surface area contributed by atoms with E-state index in [0.29, 0.717) is 0 Å². The molecule has 0 N–H and O–H groups in total. The Morgan fingerprint density at radius 1 is 0.792 bits per heavy atom. The Kier molecular flexibility index (Phi) is 4.44. The van der Waals surface area contributed by atoms with E-state index in [0.717, 1.165) is 7.25 Å². The second-order valence-corrected chi connectivity index (χ2v) is 14.4. The molecular weight excluding hydrogens is 391 g/mol. The van der Waals surface area contributed by atoms with E-state index >= 15 is 0 Å². The van der Waals surface area contributed by atoms with Crippen molar-refractivity contribution in [3.63, 3.8) is 0 Å². The molecular formula is C22H21ClZr. The average molecular weight is 412 g/mol. The topological polar surface area (TPSA) is 0 Å². The van der Waals surface area contributed by atoms with E-state index in [2.05, 4.69) is 67.6 Å². The standard InChI is InChI=1S/C20H16.C2H5.ClH.Zr/c1-2-6-18-12-15(11-17(18)5-1)9-10-16-13-19-7-3-4-8-20(19)14-16;1-2;;/h1-8,11-14H,9-10H2;1H2,2H3;1H;/q;;;+1/p-1. The summed E-state index contributed by atoms with van der Waals surface area (Å²) in [5.74, 6) is 0. The monoisotopic (exact) mass is 410 g/mol. The van der Waals surface area contributed by atoms with Gasteiger partial charge in [0.1, 0.15) is 0 Å². The molecule has 2 heteroatoms. The number of allylic oxidation sites excluding steroid dienone is 2. The Morgan fingerprint density at radius 2 is 1.25 bits per heavy atom. The molecule has 2 aromatic rings. The van der Waals surface area contributed by atoms with Gasteiger partial charge in [-0.05, 0) is 0 Å². The molecule has 0 amide bonds. The zero-order valence-electron chi connectivity index (χ0n) is 13.9. The van der Waals surface area contributed by atoms with E-state index in [1.54, 1.807) is 22.3 Å². The van der Waals surface area contributed by atoms with E-state index in [4.69, 9.17) is 0 Å². The molecule has 2 aromatic carbocycles. The fraction of sp³-hybridized carbons (Fsp3) is 0.273. The first kappa shape index (κ1) is 16.6. The van der Waals surface area contributed by atoms with Crippen molar-refractivity contribution >= 4 is 12.2 Å². The van der Waals surface area contributed by atoms with Gasteiger partial charge in [-0.3, -0.25) is 0 Å². The first-order chi connectivity index (χ1) is 11.4. The van der Waals surface area contributed by atoms with Crippen molar-refractivity contribution in [2.45, 2.75) is 31.1 Å². The summed E-state index contributed by atoms with van der Waals surface area (Å²) in [5, 5.41) is 0. The van der Waals surface area contributed by atoms with E-state index < -0.39 is 21.8 Å². The number of halogens is 1. The molecule has 2 aliphatic carbocycles. The molecule has 2 unspecified atom stereocenters. The van der Waals surface area contributed by atoms with Gasteiger partial charge in [0.05, 0.1) is 0 Å². The minimum absolute atomic E-state index is 0. The van der Waals surface area contributed by atoms with E-state index in [9.17, 15) is 0 Å². The van der Waals surface area contributed by atoms with Gasteiger partial charge >= 0.3 is 147 Å². The Bertz CT molecular complexity index is 779. The van der Waals surface area contributed by atoms with E-state index in [-0.39, 0.29) is 12.4 Å². The molecule has 0 radical (unpaired) electrons. The zero-order valence-corrected chi connectivity index (χ0v) is 17.1. The number of fused-ring (bicyclic) bond motifs is 6. The van der Waals surface area contributed by atoms with Crippen molar-refractivity contribution in [3.05, 3.63) is 81.9 Å². The molecule has 0 nitrogen and oxygen atoms in total. The molecule has 1 heterocycles. The molecule has 0 bridgehead atoms. The summed E-state index contributed by atoms with van der Waals surface area (Å²) < 4.78 is 3.08. The fourth-order valence-electron chi connectivity index (χ4n) is 4.95. The third-order valence-corrected chi connectivity index (χ3v) is 14.9. The molecule has 0 aromatic heterocycles. The van der Waals surface area contributed by atoms with Gasteiger partial charge in [-0.25, -0.2) is 0 Å². The number of hydrogen-bond donors (Lipinski definition) is 0. The third-order valence-electron chi connectivity index (χ3n) is 5.89. The Morgan fingerprint density at radius 3 is 1.71 bits per heavy atom. The van der Waals surface area contributed by atoms with Crippen LogP contribution in [0.25, 0.3) is 12.2 Å². The van der Waals surface area contributed by atoms with Crippen LogP contribution in [0.3, 0.4) is 0 Å². The summed E-state index contributed by atoms with van der Waals surface area (Å²) >= 11 is -1.68. The van der Waals surface area contributed by atoms with Crippen molar-refractivity contribution in [2.75, 3.05) is 0 Å². The van der Waals surface area contributed by atoms with Crippen LogP contribution in [0.15, 0.2) is 59.7 Å². The molecule has 1 fully saturated rings. The van der Waals surface area contributed by atoms with Crippen LogP contribution in [0.5, 0.6) is 0 Å². The minimum atomic E-state index is -1.68. The largest absolute Gasteiger partial charge is 1.00 e. The van der Waals surface area contributed by atoms with Crippen molar-refractivity contribution in [1.82, 2.24) is 0 Å². The molecule has 1 aliphatic heterocycles. The van der Waals surface area contributed by atoms with Gasteiger partial charge in [-0.15, -0.1) is 0 Å².